The lowest BCUT2D eigenvalue weighted by Crippen LogP contribution is -2.27. The van der Waals surface area contributed by atoms with Crippen molar-refractivity contribution < 1.29 is 22.4 Å². The topological polar surface area (TPSA) is 106 Å². The van der Waals surface area contributed by atoms with E-state index in [4.69, 9.17) is 5.73 Å². The number of carbonyl (C=O) groups excluding carboxylic acids is 1. The number of nitrogens with two attached hydrogens (primary N) is 1. The quantitative estimate of drug-likeness (QED) is 0.506. The molecule has 2 aromatic heterocycles. The van der Waals surface area contributed by atoms with Crippen LogP contribution in [0.25, 0.3) is 11.0 Å². The maximum absolute atomic E-state index is 13.7. The van der Waals surface area contributed by atoms with Gasteiger partial charge in [0.05, 0.1) is 17.2 Å². The third-order valence-electron chi connectivity index (χ3n) is 4.40. The van der Waals surface area contributed by atoms with Gasteiger partial charge in [-0.25, -0.2) is 14.4 Å². The molecule has 4 N–H and O–H groups in total. The number of amides is 1. The van der Waals surface area contributed by atoms with Crippen molar-refractivity contribution in [2.24, 2.45) is 5.73 Å². The molecule has 1 amide bonds. The Labute approximate surface area is 168 Å². The Hall–Kier alpha value is -3.34. The van der Waals surface area contributed by atoms with E-state index in [0.29, 0.717) is 6.54 Å². The van der Waals surface area contributed by atoms with Gasteiger partial charge < -0.3 is 16.4 Å². The Kier molecular flexibility index (Phi) is 6.11. The van der Waals surface area contributed by atoms with Gasteiger partial charge in [-0.2, -0.15) is 13.2 Å². The Morgan fingerprint density at radius 3 is 2.60 bits per heavy atom. The zero-order valence-electron chi connectivity index (χ0n) is 15.8. The number of likely N-dealkylation sites (N-methyl/N-ethyl adjacent to an activating group) is 1. The molecule has 0 saturated heterocycles. The molecule has 158 valence electrons. The van der Waals surface area contributed by atoms with Crippen molar-refractivity contribution in [3.63, 3.8) is 0 Å². The van der Waals surface area contributed by atoms with E-state index >= 15 is 0 Å². The van der Waals surface area contributed by atoms with E-state index < -0.39 is 29.5 Å². The molecule has 0 aliphatic heterocycles. The maximum Gasteiger partial charge on any atom is 0.419 e. The third-order valence-corrected chi connectivity index (χ3v) is 4.40. The maximum atomic E-state index is 13.7. The number of pyridine rings is 1. The second-order valence-corrected chi connectivity index (χ2v) is 6.38. The molecule has 3 rings (SSSR count). The standard InChI is InChI=1S/C19H18F4N6O/c1-2-25-8-14(10-3-4-13(20)12(7-10)19(21,22)23)29-18-16-15(27-9-28-18)11(17(24)30)5-6-26-16/h3-7,9,14,25H,2,8H2,1H3,(H2,24,30)(H,27,28,29). The van der Waals surface area contributed by atoms with Crippen molar-refractivity contribution >= 4 is 22.8 Å². The number of nitrogens with zero attached hydrogens (tertiary/aromatic N) is 3. The highest BCUT2D eigenvalue weighted by atomic mass is 19.4. The number of alkyl halides is 3. The first-order valence-electron chi connectivity index (χ1n) is 8.95. The molecule has 0 saturated carbocycles. The monoisotopic (exact) mass is 422 g/mol. The van der Waals surface area contributed by atoms with Gasteiger partial charge in [-0.05, 0) is 30.3 Å². The van der Waals surface area contributed by atoms with Crippen molar-refractivity contribution in [1.29, 1.82) is 0 Å². The summed E-state index contributed by atoms with van der Waals surface area (Å²) in [7, 11) is 0. The number of anilines is 1. The van der Waals surface area contributed by atoms with Crippen LogP contribution in [0.4, 0.5) is 23.4 Å². The lowest BCUT2D eigenvalue weighted by molar-refractivity contribution is -0.140. The molecule has 30 heavy (non-hydrogen) atoms. The Morgan fingerprint density at radius 1 is 1.17 bits per heavy atom. The van der Waals surface area contributed by atoms with Crippen LogP contribution >= 0.6 is 0 Å². The molecule has 0 spiro atoms. The molecule has 0 bridgehead atoms. The Bertz CT molecular complexity index is 1070. The number of aromatic nitrogens is 3. The van der Waals surface area contributed by atoms with E-state index in [2.05, 4.69) is 25.6 Å². The summed E-state index contributed by atoms with van der Waals surface area (Å²) in [6, 6.07) is 3.51. The molecular weight excluding hydrogens is 404 g/mol. The van der Waals surface area contributed by atoms with Crippen LogP contribution in [0.3, 0.4) is 0 Å². The van der Waals surface area contributed by atoms with Crippen molar-refractivity contribution in [2.75, 3.05) is 18.4 Å². The van der Waals surface area contributed by atoms with Crippen molar-refractivity contribution in [1.82, 2.24) is 20.3 Å². The fourth-order valence-corrected chi connectivity index (χ4v) is 2.95. The smallest absolute Gasteiger partial charge is 0.366 e. The second kappa shape index (κ2) is 8.57. The van der Waals surface area contributed by atoms with Crippen LogP contribution in [0, 0.1) is 5.82 Å². The van der Waals surface area contributed by atoms with E-state index in [-0.39, 0.29) is 34.5 Å². The zero-order chi connectivity index (χ0) is 21.9. The predicted molar refractivity (Wildman–Crippen MR) is 102 cm³/mol. The largest absolute Gasteiger partial charge is 0.419 e. The molecule has 0 fully saturated rings. The first kappa shape index (κ1) is 21.4. The molecule has 0 aliphatic rings. The van der Waals surface area contributed by atoms with Gasteiger partial charge in [0.15, 0.2) is 5.82 Å². The molecule has 0 radical (unpaired) electrons. The van der Waals surface area contributed by atoms with Crippen molar-refractivity contribution in [2.45, 2.75) is 19.1 Å². The van der Waals surface area contributed by atoms with E-state index in [9.17, 15) is 22.4 Å². The van der Waals surface area contributed by atoms with Gasteiger partial charge in [0.1, 0.15) is 23.2 Å². The van der Waals surface area contributed by atoms with Crippen LogP contribution in [0.1, 0.15) is 34.5 Å². The molecule has 3 aromatic rings. The number of rotatable bonds is 7. The average molecular weight is 422 g/mol. The Balaban J connectivity index is 2.05. The summed E-state index contributed by atoms with van der Waals surface area (Å²) in [5, 5.41) is 6.06. The summed E-state index contributed by atoms with van der Waals surface area (Å²) in [5.74, 6) is -1.86. The number of benzene rings is 1. The highest BCUT2D eigenvalue weighted by Gasteiger charge is 2.34. The minimum Gasteiger partial charge on any atom is -0.366 e. The number of hydrogen-bond acceptors (Lipinski definition) is 6. The predicted octanol–water partition coefficient (Wildman–Crippen LogP) is 3.04. The van der Waals surface area contributed by atoms with Crippen molar-refractivity contribution in [3.8, 4) is 0 Å². The fourth-order valence-electron chi connectivity index (χ4n) is 2.95. The summed E-state index contributed by atoms with van der Waals surface area (Å²) in [4.78, 5) is 23.9. The number of fused-ring (bicyclic) bond motifs is 1. The lowest BCUT2D eigenvalue weighted by Gasteiger charge is -2.22. The summed E-state index contributed by atoms with van der Waals surface area (Å²) in [6.45, 7) is 2.62. The molecule has 1 aromatic carbocycles. The minimum absolute atomic E-state index is 0.134. The van der Waals surface area contributed by atoms with E-state index in [0.717, 1.165) is 12.1 Å². The van der Waals surface area contributed by atoms with Crippen LogP contribution in [0.2, 0.25) is 0 Å². The van der Waals surface area contributed by atoms with Gasteiger partial charge in [0.2, 0.25) is 0 Å². The van der Waals surface area contributed by atoms with Crippen LogP contribution in [0.15, 0.2) is 36.8 Å². The van der Waals surface area contributed by atoms with Crippen LogP contribution in [-0.2, 0) is 6.18 Å². The number of halogens is 4. The van der Waals surface area contributed by atoms with Gasteiger partial charge in [-0.1, -0.05) is 13.0 Å². The van der Waals surface area contributed by atoms with Crippen LogP contribution in [0.5, 0.6) is 0 Å². The molecule has 2 heterocycles. The van der Waals surface area contributed by atoms with Crippen LogP contribution in [-0.4, -0.2) is 33.9 Å². The van der Waals surface area contributed by atoms with Crippen molar-refractivity contribution in [3.05, 3.63) is 59.3 Å². The van der Waals surface area contributed by atoms with E-state index in [1.807, 2.05) is 6.92 Å². The SMILES string of the molecule is CCNCC(Nc1ncnc2c(C(N)=O)ccnc12)c1ccc(F)c(C(F)(F)F)c1. The minimum atomic E-state index is -4.83. The summed E-state index contributed by atoms with van der Waals surface area (Å²) >= 11 is 0. The molecule has 1 atom stereocenters. The normalized spacial score (nSPS) is 12.7. The number of hydrogen-bond donors (Lipinski definition) is 3. The summed E-state index contributed by atoms with van der Waals surface area (Å²) < 4.78 is 53.2. The van der Waals surface area contributed by atoms with Gasteiger partial charge in [0.25, 0.3) is 5.91 Å². The summed E-state index contributed by atoms with van der Waals surface area (Å²) in [6.07, 6.45) is -2.28. The number of carbonyl (C=O) groups is 1. The highest BCUT2D eigenvalue weighted by molar-refractivity contribution is 6.05. The molecule has 0 aliphatic carbocycles. The molecule has 11 heteroatoms. The second-order valence-electron chi connectivity index (χ2n) is 6.38. The Morgan fingerprint density at radius 2 is 1.93 bits per heavy atom. The first-order chi connectivity index (χ1) is 14.2. The highest BCUT2D eigenvalue weighted by Crippen LogP contribution is 2.34. The average Bonchev–Trinajstić information content (AvgIpc) is 2.70. The molecule has 1 unspecified atom stereocenters. The van der Waals surface area contributed by atoms with Gasteiger partial charge in [-0.3, -0.25) is 9.78 Å². The number of primary amides is 1. The van der Waals surface area contributed by atoms with Crippen LogP contribution < -0.4 is 16.4 Å². The van der Waals surface area contributed by atoms with Gasteiger partial charge >= 0.3 is 6.18 Å². The summed E-state index contributed by atoms with van der Waals surface area (Å²) in [5.41, 5.74) is 4.77. The molecule has 7 nitrogen and oxygen atoms in total. The lowest BCUT2D eigenvalue weighted by atomic mass is 10.0. The van der Waals surface area contributed by atoms with Gasteiger partial charge in [-0.15, -0.1) is 0 Å². The molecular formula is C19H18F4N6O. The third kappa shape index (κ3) is 4.46. The van der Waals surface area contributed by atoms with E-state index in [1.54, 1.807) is 0 Å². The first-order valence-corrected chi connectivity index (χ1v) is 8.95. The number of nitrogens with one attached hydrogen (secondary N) is 2. The van der Waals surface area contributed by atoms with Gasteiger partial charge in [0, 0.05) is 12.7 Å². The fraction of sp³-hybridized carbons (Fsp3) is 0.263. The zero-order valence-corrected chi connectivity index (χ0v) is 15.8. The van der Waals surface area contributed by atoms with E-state index in [1.165, 1.54) is 24.7 Å².